The second-order valence-corrected chi connectivity index (χ2v) is 7.02. The molecule has 0 radical (unpaired) electrons. The third-order valence-electron chi connectivity index (χ3n) is 3.56. The van der Waals surface area contributed by atoms with E-state index in [1.807, 2.05) is 13.8 Å². The van der Waals surface area contributed by atoms with E-state index in [0.29, 0.717) is 5.56 Å². The second-order valence-electron chi connectivity index (χ2n) is 5.56. The largest absolute Gasteiger partial charge is 0.294 e. The summed E-state index contributed by atoms with van der Waals surface area (Å²) in [6.07, 6.45) is -0.0576. The Balaban J connectivity index is 1.84. The van der Waals surface area contributed by atoms with Crippen molar-refractivity contribution in [3.63, 3.8) is 0 Å². The Morgan fingerprint density at radius 2 is 1.85 bits per heavy atom. The molecule has 1 aromatic carbocycles. The van der Waals surface area contributed by atoms with E-state index in [2.05, 4.69) is 10.9 Å². The zero-order valence-electron chi connectivity index (χ0n) is 14.2. The Kier molecular flexibility index (Phi) is 6.18. The predicted octanol–water partition coefficient (Wildman–Crippen LogP) is 2.70. The number of carbonyl (C=O) groups is 3. The highest BCUT2D eigenvalue weighted by atomic mass is 32.1. The lowest BCUT2D eigenvalue weighted by Crippen LogP contribution is -2.41. The first-order valence-electron chi connectivity index (χ1n) is 7.72. The standard InChI is InChI=1S/C17H17N3O5S/c1-10-8-14(11(2)26-10)15(21)6-7-16(22)18-19-17(23)12-4-3-5-13(9-12)20(24)25/h3-5,8-9H,6-7H2,1-2H3,(H,18,22)(H,19,23). The fourth-order valence-electron chi connectivity index (χ4n) is 2.29. The van der Waals surface area contributed by atoms with Crippen molar-refractivity contribution in [2.24, 2.45) is 0 Å². The van der Waals surface area contributed by atoms with Gasteiger partial charge in [-0.3, -0.25) is 35.3 Å². The number of nitrogens with zero attached hydrogens (tertiary/aromatic N) is 1. The molecule has 2 aromatic rings. The number of nitro groups is 1. The van der Waals surface area contributed by atoms with Crippen LogP contribution in [0, 0.1) is 24.0 Å². The van der Waals surface area contributed by atoms with Crippen molar-refractivity contribution in [3.8, 4) is 0 Å². The van der Waals surface area contributed by atoms with Crippen molar-refractivity contribution < 1.29 is 19.3 Å². The number of aryl methyl sites for hydroxylation is 2. The maximum absolute atomic E-state index is 12.1. The van der Waals surface area contributed by atoms with Crippen LogP contribution < -0.4 is 10.9 Å². The molecule has 136 valence electrons. The molecule has 0 spiro atoms. The zero-order chi connectivity index (χ0) is 19.3. The van der Waals surface area contributed by atoms with Gasteiger partial charge in [0.05, 0.1) is 4.92 Å². The number of rotatable bonds is 6. The Hall–Kier alpha value is -3.07. The van der Waals surface area contributed by atoms with Gasteiger partial charge in [0.1, 0.15) is 0 Å². The summed E-state index contributed by atoms with van der Waals surface area (Å²) >= 11 is 1.52. The molecule has 8 nitrogen and oxygen atoms in total. The highest BCUT2D eigenvalue weighted by Crippen LogP contribution is 2.22. The van der Waals surface area contributed by atoms with Gasteiger partial charge in [-0.15, -0.1) is 11.3 Å². The van der Waals surface area contributed by atoms with Crippen molar-refractivity contribution >= 4 is 34.6 Å². The SMILES string of the molecule is Cc1cc(C(=O)CCC(=O)NNC(=O)c2cccc([N+](=O)[O-])c2)c(C)s1. The molecule has 0 aliphatic rings. The first kappa shape index (κ1) is 19.3. The lowest BCUT2D eigenvalue weighted by molar-refractivity contribution is -0.384. The number of thiophene rings is 1. The highest BCUT2D eigenvalue weighted by Gasteiger charge is 2.15. The minimum atomic E-state index is -0.683. The van der Waals surface area contributed by atoms with Crippen LogP contribution in [0.1, 0.15) is 43.3 Å². The van der Waals surface area contributed by atoms with Gasteiger partial charge in [-0.1, -0.05) is 6.07 Å². The van der Waals surface area contributed by atoms with Gasteiger partial charge in [0.2, 0.25) is 5.91 Å². The highest BCUT2D eigenvalue weighted by molar-refractivity contribution is 7.12. The summed E-state index contributed by atoms with van der Waals surface area (Å²) < 4.78 is 0. The Bertz CT molecular complexity index is 875. The van der Waals surface area contributed by atoms with Gasteiger partial charge >= 0.3 is 0 Å². The third-order valence-corrected chi connectivity index (χ3v) is 4.52. The van der Waals surface area contributed by atoms with E-state index in [1.54, 1.807) is 6.07 Å². The molecule has 0 aliphatic heterocycles. The van der Waals surface area contributed by atoms with Gasteiger partial charge < -0.3 is 0 Å². The maximum Gasteiger partial charge on any atom is 0.270 e. The quantitative estimate of drug-likeness (QED) is 0.457. The van der Waals surface area contributed by atoms with Gasteiger partial charge in [0.25, 0.3) is 11.6 Å². The van der Waals surface area contributed by atoms with Crippen LogP contribution in [0.25, 0.3) is 0 Å². The van der Waals surface area contributed by atoms with E-state index < -0.39 is 16.7 Å². The molecule has 26 heavy (non-hydrogen) atoms. The summed E-state index contributed by atoms with van der Waals surface area (Å²) in [6.45, 7) is 3.76. The minimum absolute atomic E-state index is 0.0233. The fraction of sp³-hybridized carbons (Fsp3) is 0.235. The number of amides is 2. The average Bonchev–Trinajstić information content (AvgIpc) is 2.95. The molecule has 9 heteroatoms. The smallest absolute Gasteiger partial charge is 0.270 e. The fourth-order valence-corrected chi connectivity index (χ4v) is 3.23. The number of nitrogens with one attached hydrogen (secondary N) is 2. The molecule has 0 atom stereocenters. The molecule has 2 amide bonds. The molecule has 1 aromatic heterocycles. The van der Waals surface area contributed by atoms with Crippen molar-refractivity contribution in [1.29, 1.82) is 0 Å². The van der Waals surface area contributed by atoms with Gasteiger partial charge in [-0.05, 0) is 26.0 Å². The lowest BCUT2D eigenvalue weighted by Gasteiger charge is -2.07. The number of hydrazine groups is 1. The molecule has 2 N–H and O–H groups in total. The monoisotopic (exact) mass is 375 g/mol. The maximum atomic E-state index is 12.1. The van der Waals surface area contributed by atoms with Crippen LogP contribution in [0.3, 0.4) is 0 Å². The average molecular weight is 375 g/mol. The van der Waals surface area contributed by atoms with E-state index in [4.69, 9.17) is 0 Å². The number of benzene rings is 1. The predicted molar refractivity (Wildman–Crippen MR) is 96.1 cm³/mol. The van der Waals surface area contributed by atoms with Crippen molar-refractivity contribution in [2.45, 2.75) is 26.7 Å². The van der Waals surface area contributed by atoms with E-state index in [-0.39, 0.29) is 29.9 Å². The normalized spacial score (nSPS) is 10.2. The summed E-state index contributed by atoms with van der Waals surface area (Å²) in [5.74, 6) is -1.34. The molecule has 0 aliphatic carbocycles. The number of Topliss-reactive ketones (excluding diaryl/α,β-unsaturated/α-hetero) is 1. The van der Waals surface area contributed by atoms with Crippen molar-refractivity contribution in [2.75, 3.05) is 0 Å². The number of nitro benzene ring substituents is 1. The van der Waals surface area contributed by atoms with E-state index in [9.17, 15) is 24.5 Å². The Labute approximate surface area is 153 Å². The van der Waals surface area contributed by atoms with Crippen LogP contribution in [0.5, 0.6) is 0 Å². The van der Waals surface area contributed by atoms with Crippen LogP contribution >= 0.6 is 11.3 Å². The van der Waals surface area contributed by atoms with Crippen LogP contribution in [0.4, 0.5) is 5.69 Å². The Morgan fingerprint density at radius 3 is 2.46 bits per heavy atom. The summed E-state index contributed by atoms with van der Waals surface area (Å²) in [6, 6.07) is 6.92. The molecule has 0 unspecified atom stereocenters. The number of carbonyl (C=O) groups excluding carboxylic acids is 3. The summed E-state index contributed by atoms with van der Waals surface area (Å²) in [5.41, 5.74) is 4.80. The summed E-state index contributed by atoms with van der Waals surface area (Å²) in [7, 11) is 0. The summed E-state index contributed by atoms with van der Waals surface area (Å²) in [5, 5.41) is 10.7. The topological polar surface area (TPSA) is 118 Å². The van der Waals surface area contributed by atoms with E-state index in [1.165, 1.54) is 29.5 Å². The summed E-state index contributed by atoms with van der Waals surface area (Å²) in [4.78, 5) is 47.9. The van der Waals surface area contributed by atoms with E-state index >= 15 is 0 Å². The van der Waals surface area contributed by atoms with Gasteiger partial charge in [-0.2, -0.15) is 0 Å². The van der Waals surface area contributed by atoms with Crippen LogP contribution in [0.15, 0.2) is 30.3 Å². The number of non-ortho nitro benzene ring substituents is 1. The molecule has 0 saturated carbocycles. The zero-order valence-corrected chi connectivity index (χ0v) is 15.0. The molecule has 2 rings (SSSR count). The molecule has 0 bridgehead atoms. The van der Waals surface area contributed by atoms with Crippen molar-refractivity contribution in [1.82, 2.24) is 10.9 Å². The first-order valence-corrected chi connectivity index (χ1v) is 8.53. The number of hydrogen-bond acceptors (Lipinski definition) is 6. The lowest BCUT2D eigenvalue weighted by atomic mass is 10.1. The first-order chi connectivity index (χ1) is 12.3. The molecule has 0 saturated heterocycles. The van der Waals surface area contributed by atoms with Crippen LogP contribution in [-0.2, 0) is 4.79 Å². The molecule has 1 heterocycles. The van der Waals surface area contributed by atoms with Crippen LogP contribution in [-0.4, -0.2) is 22.5 Å². The van der Waals surface area contributed by atoms with E-state index in [0.717, 1.165) is 15.8 Å². The van der Waals surface area contributed by atoms with Gasteiger partial charge in [0, 0.05) is 45.9 Å². The molecular formula is C17H17N3O5S. The van der Waals surface area contributed by atoms with Crippen molar-refractivity contribution in [3.05, 3.63) is 61.3 Å². The number of hydrogen-bond donors (Lipinski definition) is 2. The van der Waals surface area contributed by atoms with Gasteiger partial charge in [0.15, 0.2) is 5.78 Å². The minimum Gasteiger partial charge on any atom is -0.294 e. The third kappa shape index (κ3) is 4.96. The number of ketones is 1. The van der Waals surface area contributed by atoms with Crippen LogP contribution in [0.2, 0.25) is 0 Å². The molecule has 0 fully saturated rings. The Morgan fingerprint density at radius 1 is 1.12 bits per heavy atom. The molecular weight excluding hydrogens is 358 g/mol. The second kappa shape index (κ2) is 8.34. The van der Waals surface area contributed by atoms with Gasteiger partial charge in [-0.25, -0.2) is 0 Å².